The fraction of sp³-hybridized carbons (Fsp3) is 0.600. The zero-order valence-electron chi connectivity index (χ0n) is 12.7. The first kappa shape index (κ1) is 14.7. The highest BCUT2D eigenvalue weighted by Gasteiger charge is 2.27. The van der Waals surface area contributed by atoms with E-state index in [0.29, 0.717) is 6.04 Å². The molecular weight excluding hydrogens is 284 g/mol. The van der Waals surface area contributed by atoms with E-state index in [9.17, 15) is 0 Å². The van der Waals surface area contributed by atoms with Crippen molar-refractivity contribution in [2.75, 3.05) is 44.8 Å². The van der Waals surface area contributed by atoms with Crippen molar-refractivity contribution in [3.63, 3.8) is 0 Å². The summed E-state index contributed by atoms with van der Waals surface area (Å²) in [5, 5.41) is 3.28. The number of aromatic nitrogens is 2. The second-order valence-electron chi connectivity index (χ2n) is 5.37. The lowest BCUT2D eigenvalue weighted by atomic mass is 10.1. The molecule has 3 rings (SSSR count). The van der Waals surface area contributed by atoms with Gasteiger partial charge in [0.2, 0.25) is 0 Å². The van der Waals surface area contributed by atoms with E-state index in [1.165, 1.54) is 5.39 Å². The van der Waals surface area contributed by atoms with Crippen LogP contribution < -0.4 is 4.90 Å². The molecule has 6 heteroatoms. The molecule has 0 unspecified atom stereocenters. The molecule has 0 radical (unpaired) electrons. The molecule has 0 aliphatic carbocycles. The minimum atomic E-state index is 0.567. The minimum Gasteiger partial charge on any atom is -0.383 e. The standard InChI is InChI=1S/C15H22N4OS/c1-3-12-10-19(6-5-18(12)7-8-20-2)14-13-4-9-21-15(13)17-11-16-14/h4,9,11-12H,3,5-8,10H2,1-2H3/t12-/m0/s1. The predicted molar refractivity (Wildman–Crippen MR) is 87.2 cm³/mol. The summed E-state index contributed by atoms with van der Waals surface area (Å²) in [7, 11) is 1.77. The second-order valence-corrected chi connectivity index (χ2v) is 6.27. The van der Waals surface area contributed by atoms with Crippen molar-refractivity contribution in [2.24, 2.45) is 0 Å². The Labute approximate surface area is 129 Å². The minimum absolute atomic E-state index is 0.567. The summed E-state index contributed by atoms with van der Waals surface area (Å²) in [5.41, 5.74) is 0. The van der Waals surface area contributed by atoms with Crippen LogP contribution in [0.4, 0.5) is 5.82 Å². The number of thiophene rings is 1. The summed E-state index contributed by atoms with van der Waals surface area (Å²) >= 11 is 1.68. The molecule has 0 bridgehead atoms. The molecule has 1 atom stereocenters. The lowest BCUT2D eigenvalue weighted by Crippen LogP contribution is -2.54. The molecule has 0 amide bonds. The number of hydrogen-bond donors (Lipinski definition) is 0. The van der Waals surface area contributed by atoms with Crippen LogP contribution in [0.2, 0.25) is 0 Å². The van der Waals surface area contributed by atoms with E-state index in [0.717, 1.165) is 49.9 Å². The molecule has 5 nitrogen and oxygen atoms in total. The smallest absolute Gasteiger partial charge is 0.140 e. The van der Waals surface area contributed by atoms with Crippen molar-refractivity contribution in [3.8, 4) is 0 Å². The second kappa shape index (κ2) is 6.68. The number of ether oxygens (including phenoxy) is 1. The highest BCUT2D eigenvalue weighted by Crippen LogP contribution is 2.28. The Morgan fingerprint density at radius 1 is 1.38 bits per heavy atom. The van der Waals surface area contributed by atoms with Gasteiger partial charge in [-0.3, -0.25) is 4.90 Å². The van der Waals surface area contributed by atoms with E-state index in [1.54, 1.807) is 24.8 Å². The Morgan fingerprint density at radius 3 is 3.10 bits per heavy atom. The third-order valence-corrected chi connectivity index (χ3v) is 5.02. The first-order valence-electron chi connectivity index (χ1n) is 7.49. The van der Waals surface area contributed by atoms with Crippen molar-refractivity contribution in [3.05, 3.63) is 17.8 Å². The van der Waals surface area contributed by atoms with Gasteiger partial charge >= 0.3 is 0 Å². The molecule has 1 fully saturated rings. The number of hydrogen-bond acceptors (Lipinski definition) is 6. The number of anilines is 1. The number of rotatable bonds is 5. The highest BCUT2D eigenvalue weighted by atomic mass is 32.1. The molecule has 1 aliphatic rings. The average Bonchev–Trinajstić information content (AvgIpc) is 3.01. The number of piperazine rings is 1. The van der Waals surface area contributed by atoms with Crippen LogP contribution in [0, 0.1) is 0 Å². The maximum atomic E-state index is 5.22. The normalized spacial score (nSPS) is 20.3. The Kier molecular flexibility index (Phi) is 4.67. The van der Waals surface area contributed by atoms with Crippen molar-refractivity contribution >= 4 is 27.4 Å². The van der Waals surface area contributed by atoms with E-state index in [-0.39, 0.29) is 0 Å². The first-order valence-corrected chi connectivity index (χ1v) is 8.37. The lowest BCUT2D eigenvalue weighted by Gasteiger charge is -2.41. The Balaban J connectivity index is 1.77. The van der Waals surface area contributed by atoms with Crippen LogP contribution in [0.15, 0.2) is 17.8 Å². The average molecular weight is 306 g/mol. The van der Waals surface area contributed by atoms with E-state index in [2.05, 4.69) is 38.1 Å². The van der Waals surface area contributed by atoms with Gasteiger partial charge in [0.05, 0.1) is 12.0 Å². The first-order chi connectivity index (χ1) is 10.3. The molecule has 2 aromatic heterocycles. The maximum Gasteiger partial charge on any atom is 0.140 e. The van der Waals surface area contributed by atoms with Crippen molar-refractivity contribution in [2.45, 2.75) is 19.4 Å². The molecule has 2 aromatic rings. The molecule has 0 saturated carbocycles. The van der Waals surface area contributed by atoms with Gasteiger partial charge in [-0.25, -0.2) is 9.97 Å². The fourth-order valence-electron chi connectivity index (χ4n) is 3.00. The molecule has 0 aromatic carbocycles. The van der Waals surface area contributed by atoms with Gasteiger partial charge < -0.3 is 9.64 Å². The number of fused-ring (bicyclic) bond motifs is 1. The van der Waals surface area contributed by atoms with Crippen LogP contribution in [0.25, 0.3) is 10.2 Å². The molecular formula is C15H22N4OS. The van der Waals surface area contributed by atoms with Gasteiger partial charge in [-0.2, -0.15) is 0 Å². The zero-order valence-corrected chi connectivity index (χ0v) is 13.5. The van der Waals surface area contributed by atoms with Crippen molar-refractivity contribution in [1.82, 2.24) is 14.9 Å². The van der Waals surface area contributed by atoms with Gasteiger partial charge in [-0.05, 0) is 17.9 Å². The zero-order chi connectivity index (χ0) is 14.7. The highest BCUT2D eigenvalue weighted by molar-refractivity contribution is 7.16. The molecule has 3 heterocycles. The summed E-state index contributed by atoms with van der Waals surface area (Å²) in [5.74, 6) is 1.09. The van der Waals surface area contributed by atoms with E-state index >= 15 is 0 Å². The van der Waals surface area contributed by atoms with Crippen LogP contribution in [0.5, 0.6) is 0 Å². The molecule has 1 aliphatic heterocycles. The van der Waals surface area contributed by atoms with Crippen LogP contribution in [-0.2, 0) is 4.74 Å². The summed E-state index contributed by atoms with van der Waals surface area (Å²) in [4.78, 5) is 14.9. The third kappa shape index (κ3) is 3.02. The van der Waals surface area contributed by atoms with Crippen LogP contribution in [-0.4, -0.2) is 60.8 Å². The van der Waals surface area contributed by atoms with Crippen LogP contribution in [0.3, 0.4) is 0 Å². The largest absolute Gasteiger partial charge is 0.383 e. The molecule has 1 saturated heterocycles. The molecule has 0 N–H and O–H groups in total. The topological polar surface area (TPSA) is 41.5 Å². The maximum absolute atomic E-state index is 5.22. The third-order valence-electron chi connectivity index (χ3n) is 4.20. The van der Waals surface area contributed by atoms with Gasteiger partial charge in [-0.15, -0.1) is 11.3 Å². The van der Waals surface area contributed by atoms with E-state index < -0.39 is 0 Å². The fourth-order valence-corrected chi connectivity index (χ4v) is 3.73. The number of nitrogens with zero attached hydrogens (tertiary/aromatic N) is 4. The molecule has 21 heavy (non-hydrogen) atoms. The van der Waals surface area contributed by atoms with Gasteiger partial charge in [0, 0.05) is 39.3 Å². The van der Waals surface area contributed by atoms with Gasteiger partial charge in [0.25, 0.3) is 0 Å². The molecule has 114 valence electrons. The predicted octanol–water partition coefficient (Wildman–Crippen LogP) is 2.24. The summed E-state index contributed by atoms with van der Waals surface area (Å²) in [6.07, 6.45) is 2.84. The lowest BCUT2D eigenvalue weighted by molar-refractivity contribution is 0.109. The Hall–Kier alpha value is -1.24. The van der Waals surface area contributed by atoms with Gasteiger partial charge in [0.1, 0.15) is 17.0 Å². The summed E-state index contributed by atoms with van der Waals surface area (Å²) < 4.78 is 5.22. The van der Waals surface area contributed by atoms with E-state index in [4.69, 9.17) is 4.74 Å². The Morgan fingerprint density at radius 2 is 2.29 bits per heavy atom. The van der Waals surface area contributed by atoms with Crippen LogP contribution in [0.1, 0.15) is 13.3 Å². The van der Waals surface area contributed by atoms with E-state index in [1.807, 2.05) is 0 Å². The quantitative estimate of drug-likeness (QED) is 0.847. The summed E-state index contributed by atoms with van der Waals surface area (Å²) in [6.45, 7) is 7.19. The van der Waals surface area contributed by atoms with Crippen molar-refractivity contribution < 1.29 is 4.74 Å². The monoisotopic (exact) mass is 306 g/mol. The molecule has 0 spiro atoms. The van der Waals surface area contributed by atoms with Crippen LogP contribution >= 0.6 is 11.3 Å². The number of methoxy groups -OCH3 is 1. The SMILES string of the molecule is CC[C@H]1CN(c2ncnc3sccc23)CCN1CCOC. The van der Waals surface area contributed by atoms with Gasteiger partial charge in [-0.1, -0.05) is 6.92 Å². The van der Waals surface area contributed by atoms with Gasteiger partial charge in [0.15, 0.2) is 0 Å². The van der Waals surface area contributed by atoms with Crippen molar-refractivity contribution in [1.29, 1.82) is 0 Å². The Bertz CT molecular complexity index is 588. The summed E-state index contributed by atoms with van der Waals surface area (Å²) in [6, 6.07) is 2.70.